The van der Waals surface area contributed by atoms with E-state index in [0.29, 0.717) is 71.8 Å². The fourth-order valence-electron chi connectivity index (χ4n) is 10.7. The molecule has 1 saturated carbocycles. The molecule has 9 rings (SSSR count). The van der Waals surface area contributed by atoms with Crippen LogP contribution in [0.5, 0.6) is 5.75 Å². The number of aliphatic hydroxyl groups is 5. The van der Waals surface area contributed by atoms with Gasteiger partial charge in [0.05, 0.1) is 48.0 Å². The Balaban J connectivity index is 1.05. The molecule has 2 fully saturated rings. The average Bonchev–Trinajstić information content (AvgIpc) is 4.10. The van der Waals surface area contributed by atoms with Crippen LogP contribution in [-0.4, -0.2) is 122 Å². The van der Waals surface area contributed by atoms with Crippen LogP contribution >= 0.6 is 0 Å². The number of aliphatic imine (C=N–C) groups is 2. The van der Waals surface area contributed by atoms with Crippen molar-refractivity contribution in [1.29, 1.82) is 0 Å². The summed E-state index contributed by atoms with van der Waals surface area (Å²) in [5.74, 6) is 1.17. The van der Waals surface area contributed by atoms with Crippen molar-refractivity contribution in [2.45, 2.75) is 114 Å². The maximum atomic E-state index is 13.7. The molecule has 0 bridgehead atoms. The molecule has 8 atom stereocenters. The summed E-state index contributed by atoms with van der Waals surface area (Å²) in [6, 6.07) is 2.89. The fraction of sp³-hybridized carbons (Fsp3) is 0.556. The number of benzene rings is 1. The molecule has 0 radical (unpaired) electrons. The van der Waals surface area contributed by atoms with E-state index in [1.807, 2.05) is 13.0 Å². The molecule has 1 aromatic heterocycles. The summed E-state index contributed by atoms with van der Waals surface area (Å²) in [5.41, 5.74) is 1.22. The lowest BCUT2D eigenvalue weighted by Gasteiger charge is -2.44. The standard InChI is InChI=1S/C45H55N5O11/c1-4-32-28-8-14-47-31(28)21-50(32)38-39-26(18-29-34(52)17-25(2)59-40(29)38)19-37(43(3,60-39)13-7-27-20-48-42(56)44(27)11-5-6-12-44)61-58-23-36(54)45(57,41(55)35(53)22-51)24-49-16-10-30-33(49)9-15-46-30/h8-10,14-18,27,33,35-37,41,51,53-55,57H,4-7,11-13,19-24H2,1-3H3,(H,48,56). The molecular formula is C45H55N5O11. The number of anilines is 1. The van der Waals surface area contributed by atoms with E-state index in [1.54, 1.807) is 48.6 Å². The minimum absolute atomic E-state index is 0.0676. The zero-order valence-corrected chi connectivity index (χ0v) is 34.7. The minimum Gasteiger partial charge on any atom is -0.482 e. The van der Waals surface area contributed by atoms with Gasteiger partial charge < -0.3 is 49.8 Å². The molecule has 61 heavy (non-hydrogen) atoms. The van der Waals surface area contributed by atoms with Crippen LogP contribution in [0.2, 0.25) is 0 Å². The van der Waals surface area contributed by atoms with E-state index >= 15 is 0 Å². The van der Waals surface area contributed by atoms with Crippen LogP contribution in [0.4, 0.5) is 5.69 Å². The van der Waals surface area contributed by atoms with Crippen LogP contribution in [-0.2, 0) is 21.0 Å². The van der Waals surface area contributed by atoms with Crippen molar-refractivity contribution in [1.82, 2.24) is 10.2 Å². The highest BCUT2D eigenvalue weighted by molar-refractivity contribution is 6.13. The number of nitrogens with one attached hydrogen (secondary N) is 1. The molecule has 1 aromatic carbocycles. The highest BCUT2D eigenvalue weighted by Crippen LogP contribution is 2.52. The van der Waals surface area contributed by atoms with Gasteiger partial charge in [0, 0.05) is 54.5 Å². The topological polar surface area (TPSA) is 219 Å². The van der Waals surface area contributed by atoms with E-state index in [4.69, 9.17) is 18.9 Å². The van der Waals surface area contributed by atoms with Gasteiger partial charge in [-0.05, 0) is 76.2 Å². The van der Waals surface area contributed by atoms with Crippen LogP contribution in [0.25, 0.3) is 11.0 Å². The zero-order valence-electron chi connectivity index (χ0n) is 34.7. The van der Waals surface area contributed by atoms with Crippen LogP contribution in [0.1, 0.15) is 70.1 Å². The van der Waals surface area contributed by atoms with Crippen LogP contribution in [0.15, 0.2) is 79.4 Å². The second kappa shape index (κ2) is 15.9. The maximum absolute atomic E-state index is 13.7. The first-order valence-electron chi connectivity index (χ1n) is 21.5. The molecule has 1 saturated heterocycles. The molecule has 2 aromatic rings. The number of carbonyl (C=O) groups excluding carboxylic acids is 1. The van der Waals surface area contributed by atoms with Crippen LogP contribution in [0.3, 0.4) is 0 Å². The van der Waals surface area contributed by atoms with E-state index < -0.39 is 54.2 Å². The Kier molecular flexibility index (Phi) is 10.9. The number of carbonyl (C=O) groups is 1. The molecule has 1 spiro atoms. The zero-order chi connectivity index (χ0) is 42.8. The lowest BCUT2D eigenvalue weighted by molar-refractivity contribution is -0.365. The third-order valence-electron chi connectivity index (χ3n) is 14.2. The van der Waals surface area contributed by atoms with Crippen LogP contribution < -0.4 is 20.4 Å². The van der Waals surface area contributed by atoms with Gasteiger partial charge in [0.15, 0.2) is 16.8 Å². The highest BCUT2D eigenvalue weighted by atomic mass is 17.2. The Morgan fingerprint density at radius 3 is 2.69 bits per heavy atom. The van der Waals surface area contributed by atoms with E-state index in [0.717, 1.165) is 42.7 Å². The lowest BCUT2D eigenvalue weighted by atomic mass is 9.72. The Morgan fingerprint density at radius 2 is 1.92 bits per heavy atom. The van der Waals surface area contributed by atoms with E-state index in [1.165, 1.54) is 6.07 Å². The van der Waals surface area contributed by atoms with Crippen molar-refractivity contribution in [2.24, 2.45) is 21.3 Å². The van der Waals surface area contributed by atoms with Crippen LogP contribution in [0, 0.1) is 18.3 Å². The van der Waals surface area contributed by atoms with Gasteiger partial charge in [-0.2, -0.15) is 0 Å². The molecule has 7 aliphatic rings. The Hall–Kier alpha value is -4.68. The number of amides is 1. The van der Waals surface area contributed by atoms with Gasteiger partial charge in [0.1, 0.15) is 53.7 Å². The van der Waals surface area contributed by atoms with Gasteiger partial charge >= 0.3 is 0 Å². The SMILES string of the molecule is CCC1=C2C=CN=C2CN1c1c2c(cc3c(=O)cc(C)oc13)CC(OOCC(O)C(O)(CN1C=CC3=NC=CC31)C(O)C(O)CO)C(C)(CCC1CNC(=O)C13CCCC3)O2. The maximum Gasteiger partial charge on any atom is 0.226 e. The molecule has 1 aliphatic carbocycles. The minimum atomic E-state index is -2.41. The normalized spacial score (nSPS) is 28.3. The number of aryl methyl sites for hydroxylation is 1. The molecule has 16 nitrogen and oxygen atoms in total. The highest BCUT2D eigenvalue weighted by Gasteiger charge is 2.54. The fourth-order valence-corrected chi connectivity index (χ4v) is 10.7. The van der Waals surface area contributed by atoms with Gasteiger partial charge in [-0.15, -0.1) is 0 Å². The van der Waals surface area contributed by atoms with E-state index in [9.17, 15) is 35.1 Å². The number of fused-ring (bicyclic) bond motifs is 4. The molecule has 6 N–H and O–H groups in total. The number of nitrogens with zero attached hydrogens (tertiary/aromatic N) is 4. The molecule has 326 valence electrons. The van der Waals surface area contributed by atoms with Crippen molar-refractivity contribution in [3.8, 4) is 5.75 Å². The number of hydrogen-bond donors (Lipinski definition) is 6. The summed E-state index contributed by atoms with van der Waals surface area (Å²) in [5, 5.41) is 58.4. The van der Waals surface area contributed by atoms with Gasteiger partial charge in [-0.3, -0.25) is 19.6 Å². The quantitative estimate of drug-likeness (QED) is 0.112. The van der Waals surface area contributed by atoms with Crippen molar-refractivity contribution < 1.29 is 49.3 Å². The molecular weight excluding hydrogens is 787 g/mol. The first kappa shape index (κ1) is 41.7. The van der Waals surface area contributed by atoms with E-state index in [2.05, 4.69) is 27.1 Å². The third kappa shape index (κ3) is 6.96. The molecule has 7 heterocycles. The molecule has 16 heteroatoms. The average molecular weight is 842 g/mol. The second-order valence-corrected chi connectivity index (χ2v) is 17.8. The van der Waals surface area contributed by atoms with Gasteiger partial charge in [0.25, 0.3) is 0 Å². The third-order valence-corrected chi connectivity index (χ3v) is 14.2. The Labute approximate surface area is 353 Å². The molecule has 6 aliphatic heterocycles. The van der Waals surface area contributed by atoms with Gasteiger partial charge in [-0.1, -0.05) is 19.8 Å². The predicted molar refractivity (Wildman–Crippen MR) is 225 cm³/mol. The summed E-state index contributed by atoms with van der Waals surface area (Å²) in [6.45, 7) is 4.91. The predicted octanol–water partition coefficient (Wildman–Crippen LogP) is 2.62. The lowest BCUT2D eigenvalue weighted by Crippen LogP contribution is -2.64. The largest absolute Gasteiger partial charge is 0.482 e. The van der Waals surface area contributed by atoms with Gasteiger partial charge in [-0.25, -0.2) is 9.78 Å². The van der Waals surface area contributed by atoms with Crippen molar-refractivity contribution in [2.75, 3.05) is 37.7 Å². The number of aliphatic hydroxyl groups excluding tert-OH is 4. The number of β-amino-alcohol motifs (C(OH)–C–C–N with tert-alkyl or cyclic N) is 1. The Bertz CT molecular complexity index is 2340. The molecule has 8 unspecified atom stereocenters. The summed E-state index contributed by atoms with van der Waals surface area (Å²) >= 11 is 0. The van der Waals surface area contributed by atoms with Crippen molar-refractivity contribution in [3.05, 3.63) is 81.8 Å². The van der Waals surface area contributed by atoms with Gasteiger partial charge in [0.2, 0.25) is 5.91 Å². The van der Waals surface area contributed by atoms with Crippen molar-refractivity contribution >= 4 is 34.0 Å². The first-order chi connectivity index (χ1) is 29.3. The smallest absolute Gasteiger partial charge is 0.226 e. The van der Waals surface area contributed by atoms with Crippen molar-refractivity contribution in [3.63, 3.8) is 0 Å². The number of allylic oxidation sites excluding steroid dienone is 2. The number of rotatable bonds is 15. The Morgan fingerprint density at radius 1 is 1.11 bits per heavy atom. The summed E-state index contributed by atoms with van der Waals surface area (Å²) in [7, 11) is 0. The molecule has 1 amide bonds. The summed E-state index contributed by atoms with van der Waals surface area (Å²) in [4.78, 5) is 51.7. The number of hydrogen-bond acceptors (Lipinski definition) is 15. The van der Waals surface area contributed by atoms with E-state index in [-0.39, 0.29) is 36.3 Å². The first-order valence-corrected chi connectivity index (χ1v) is 21.5. The summed E-state index contributed by atoms with van der Waals surface area (Å²) < 4.78 is 13.6. The number of ether oxygens (including phenoxy) is 1. The summed E-state index contributed by atoms with van der Waals surface area (Å²) in [6.07, 6.45) is 9.85. The monoisotopic (exact) mass is 841 g/mol. The second-order valence-electron chi connectivity index (χ2n) is 17.8.